The Morgan fingerprint density at radius 2 is 1.96 bits per heavy atom. The second-order valence-corrected chi connectivity index (χ2v) is 8.10. The van der Waals surface area contributed by atoms with Crippen LogP contribution >= 0.6 is 11.6 Å². The molecule has 3 fully saturated rings. The molecule has 2 aliphatic heterocycles. The van der Waals surface area contributed by atoms with E-state index in [1.165, 1.54) is 24.1 Å². The van der Waals surface area contributed by atoms with Gasteiger partial charge < -0.3 is 10.1 Å². The summed E-state index contributed by atoms with van der Waals surface area (Å²) >= 11 is 6.00. The molecule has 5 rings (SSSR count). The van der Waals surface area contributed by atoms with Gasteiger partial charge in [0.15, 0.2) is 0 Å². The van der Waals surface area contributed by atoms with E-state index in [0.717, 1.165) is 37.0 Å². The lowest BCUT2D eigenvalue weighted by Gasteiger charge is -2.35. The highest BCUT2D eigenvalue weighted by atomic mass is 35.5. The van der Waals surface area contributed by atoms with Gasteiger partial charge in [0.25, 0.3) is 0 Å². The molecule has 26 heavy (non-hydrogen) atoms. The summed E-state index contributed by atoms with van der Waals surface area (Å²) in [6.45, 7) is 2.74. The molecule has 3 atom stereocenters. The van der Waals surface area contributed by atoms with Gasteiger partial charge in [-0.1, -0.05) is 23.7 Å². The van der Waals surface area contributed by atoms with E-state index in [0.29, 0.717) is 18.0 Å². The predicted molar refractivity (Wildman–Crippen MR) is 102 cm³/mol. The number of ether oxygens (including phenoxy) is 1. The Bertz CT molecular complexity index is 780. The zero-order chi connectivity index (χ0) is 17.5. The molecule has 0 unspecified atom stereocenters. The minimum Gasteiger partial charge on any atom is -0.371 e. The van der Waals surface area contributed by atoms with Crippen LogP contribution in [0, 0.1) is 0 Å². The number of hydrogen-bond donors (Lipinski definition) is 1. The van der Waals surface area contributed by atoms with Crippen molar-refractivity contribution < 1.29 is 4.74 Å². The number of hydrogen-bond acceptors (Lipinski definition) is 5. The van der Waals surface area contributed by atoms with E-state index in [9.17, 15) is 0 Å². The second-order valence-electron chi connectivity index (χ2n) is 7.66. The van der Waals surface area contributed by atoms with Crippen molar-refractivity contribution in [3.63, 3.8) is 0 Å². The van der Waals surface area contributed by atoms with Crippen LogP contribution in [0.15, 0.2) is 36.7 Å². The third-order valence-corrected chi connectivity index (χ3v) is 5.95. The van der Waals surface area contributed by atoms with Crippen LogP contribution < -0.4 is 5.32 Å². The van der Waals surface area contributed by atoms with E-state index in [1.54, 1.807) is 6.33 Å². The molecule has 2 aromatic rings. The molecule has 3 aliphatic rings. The Kier molecular flexibility index (Phi) is 4.31. The van der Waals surface area contributed by atoms with Gasteiger partial charge in [-0.05, 0) is 37.0 Å². The number of rotatable bonds is 4. The van der Waals surface area contributed by atoms with Crippen LogP contribution in [0.1, 0.15) is 42.5 Å². The van der Waals surface area contributed by atoms with Crippen molar-refractivity contribution in [3.05, 3.63) is 52.9 Å². The van der Waals surface area contributed by atoms with Crippen LogP contribution in [-0.2, 0) is 4.74 Å². The summed E-state index contributed by atoms with van der Waals surface area (Å²) in [4.78, 5) is 11.4. The summed E-state index contributed by atoms with van der Waals surface area (Å²) in [5, 5.41) is 4.38. The lowest BCUT2D eigenvalue weighted by Crippen LogP contribution is -2.42. The average Bonchev–Trinajstić information content (AvgIpc) is 3.43. The summed E-state index contributed by atoms with van der Waals surface area (Å²) in [6.07, 6.45) is 5.44. The van der Waals surface area contributed by atoms with Crippen molar-refractivity contribution >= 4 is 17.4 Å². The largest absolute Gasteiger partial charge is 0.371 e. The van der Waals surface area contributed by atoms with Crippen molar-refractivity contribution in [1.82, 2.24) is 14.9 Å². The smallest absolute Gasteiger partial charge is 0.129 e. The first-order valence-electron chi connectivity index (χ1n) is 9.44. The molecular formula is C20H23ClN4O. The predicted octanol–water partition coefficient (Wildman–Crippen LogP) is 3.63. The first-order chi connectivity index (χ1) is 12.7. The molecule has 0 bridgehead atoms. The molecule has 0 radical (unpaired) electrons. The Balaban J connectivity index is 1.22. The van der Waals surface area contributed by atoms with Crippen LogP contribution in [0.3, 0.4) is 0 Å². The van der Waals surface area contributed by atoms with E-state index in [4.69, 9.17) is 16.3 Å². The SMILES string of the molecule is Clc1ccc([C@H]2CN3C[C@H](Nc4cc(C5CC5)ncn4)C[C@H]3CO2)cc1. The highest BCUT2D eigenvalue weighted by molar-refractivity contribution is 6.30. The normalized spacial score (nSPS) is 28.7. The molecular weight excluding hydrogens is 348 g/mol. The molecule has 0 spiro atoms. The van der Waals surface area contributed by atoms with Gasteiger partial charge in [0.1, 0.15) is 12.1 Å². The minimum absolute atomic E-state index is 0.128. The molecule has 136 valence electrons. The standard InChI is InChI=1S/C20H23ClN4O/c21-15-5-3-14(4-6-15)19-10-25-9-16(7-17(25)11-26-19)24-20-8-18(13-1-2-13)22-12-23-20/h3-6,8,12-13,16-17,19H,1-2,7,9-11H2,(H,22,23,24)/t16-,17+,19-/m1/s1. The van der Waals surface area contributed by atoms with E-state index < -0.39 is 0 Å². The third kappa shape index (κ3) is 3.43. The van der Waals surface area contributed by atoms with Gasteiger partial charge in [-0.3, -0.25) is 4.90 Å². The molecule has 3 heterocycles. The van der Waals surface area contributed by atoms with Gasteiger partial charge in [-0.25, -0.2) is 9.97 Å². The summed E-state index contributed by atoms with van der Waals surface area (Å²) in [6, 6.07) is 11.0. The quantitative estimate of drug-likeness (QED) is 0.890. The zero-order valence-electron chi connectivity index (χ0n) is 14.6. The maximum atomic E-state index is 6.14. The lowest BCUT2D eigenvalue weighted by atomic mass is 10.1. The zero-order valence-corrected chi connectivity index (χ0v) is 15.4. The average molecular weight is 371 g/mol. The monoisotopic (exact) mass is 370 g/mol. The highest BCUT2D eigenvalue weighted by Crippen LogP contribution is 2.39. The van der Waals surface area contributed by atoms with E-state index in [1.807, 2.05) is 12.1 Å². The fourth-order valence-corrected chi connectivity index (χ4v) is 4.25. The van der Waals surface area contributed by atoms with Crippen LogP contribution in [0.4, 0.5) is 5.82 Å². The molecule has 1 saturated carbocycles. The summed E-state index contributed by atoms with van der Waals surface area (Å²) in [7, 11) is 0. The van der Waals surface area contributed by atoms with Gasteiger partial charge in [0.2, 0.25) is 0 Å². The fourth-order valence-electron chi connectivity index (χ4n) is 4.12. The number of fused-ring (bicyclic) bond motifs is 1. The van der Waals surface area contributed by atoms with Crippen LogP contribution in [-0.4, -0.2) is 46.6 Å². The molecule has 5 nitrogen and oxygen atoms in total. The van der Waals surface area contributed by atoms with Crippen molar-refractivity contribution in [2.24, 2.45) is 0 Å². The minimum atomic E-state index is 0.128. The number of nitrogens with zero attached hydrogens (tertiary/aromatic N) is 3. The van der Waals surface area contributed by atoms with Crippen molar-refractivity contribution in [2.45, 2.75) is 43.4 Å². The van der Waals surface area contributed by atoms with Gasteiger partial charge in [0, 0.05) is 47.9 Å². The van der Waals surface area contributed by atoms with Crippen LogP contribution in [0.2, 0.25) is 5.02 Å². The molecule has 6 heteroatoms. The first-order valence-corrected chi connectivity index (χ1v) is 9.82. The van der Waals surface area contributed by atoms with Gasteiger partial charge in [0.05, 0.1) is 12.7 Å². The van der Waals surface area contributed by atoms with Crippen LogP contribution in [0.5, 0.6) is 0 Å². The highest BCUT2D eigenvalue weighted by Gasteiger charge is 2.38. The molecule has 1 N–H and O–H groups in total. The summed E-state index contributed by atoms with van der Waals surface area (Å²) in [5.74, 6) is 1.61. The Morgan fingerprint density at radius 3 is 2.77 bits per heavy atom. The third-order valence-electron chi connectivity index (χ3n) is 5.70. The number of nitrogens with one attached hydrogen (secondary N) is 1. The topological polar surface area (TPSA) is 50.3 Å². The number of morpholine rings is 1. The Labute approximate surface area is 158 Å². The van der Waals surface area contributed by atoms with Gasteiger partial charge in [-0.15, -0.1) is 0 Å². The molecule has 2 saturated heterocycles. The van der Waals surface area contributed by atoms with E-state index in [-0.39, 0.29) is 6.10 Å². The number of aromatic nitrogens is 2. The lowest BCUT2D eigenvalue weighted by molar-refractivity contribution is -0.0501. The molecule has 1 aromatic carbocycles. The van der Waals surface area contributed by atoms with E-state index >= 15 is 0 Å². The van der Waals surface area contributed by atoms with Gasteiger partial charge >= 0.3 is 0 Å². The summed E-state index contributed by atoms with van der Waals surface area (Å²) < 4.78 is 6.14. The summed E-state index contributed by atoms with van der Waals surface area (Å²) in [5.41, 5.74) is 2.39. The molecule has 1 aromatic heterocycles. The maximum Gasteiger partial charge on any atom is 0.129 e. The fraction of sp³-hybridized carbons (Fsp3) is 0.500. The number of halogens is 1. The first kappa shape index (κ1) is 16.5. The van der Waals surface area contributed by atoms with Crippen molar-refractivity contribution in [1.29, 1.82) is 0 Å². The van der Waals surface area contributed by atoms with E-state index in [2.05, 4.69) is 38.4 Å². The maximum absolute atomic E-state index is 6.14. The molecule has 0 amide bonds. The Morgan fingerprint density at radius 1 is 1.12 bits per heavy atom. The molecule has 1 aliphatic carbocycles. The number of benzene rings is 1. The van der Waals surface area contributed by atoms with Crippen molar-refractivity contribution in [3.8, 4) is 0 Å². The van der Waals surface area contributed by atoms with Crippen molar-refractivity contribution in [2.75, 3.05) is 25.0 Å². The second kappa shape index (κ2) is 6.80. The van der Waals surface area contributed by atoms with Gasteiger partial charge in [-0.2, -0.15) is 0 Å². The Hall–Kier alpha value is -1.69. The number of anilines is 1. The van der Waals surface area contributed by atoms with Crippen LogP contribution in [0.25, 0.3) is 0 Å².